The Morgan fingerprint density at radius 2 is 2.24 bits per heavy atom. The molecule has 2 amide bonds. The van der Waals surface area contributed by atoms with E-state index in [-0.39, 0.29) is 18.4 Å². The Morgan fingerprint density at radius 1 is 1.43 bits per heavy atom. The third kappa shape index (κ3) is 4.80. The summed E-state index contributed by atoms with van der Waals surface area (Å²) in [5.74, 6) is -0.0912. The number of carbonyl (C=O) groups is 2. The van der Waals surface area contributed by atoms with E-state index in [2.05, 4.69) is 10.6 Å². The molecule has 0 aromatic heterocycles. The highest BCUT2D eigenvalue weighted by Crippen LogP contribution is 2.10. The molecule has 1 saturated heterocycles. The van der Waals surface area contributed by atoms with Crippen LogP contribution in [-0.4, -0.2) is 47.9 Å². The minimum atomic E-state index is -0.121. The maximum atomic E-state index is 12.0. The number of thiocarbonyl (C=S) groups is 1. The summed E-state index contributed by atoms with van der Waals surface area (Å²) in [5, 5.41) is 5.59. The molecule has 0 spiro atoms. The van der Waals surface area contributed by atoms with Crippen LogP contribution in [0.25, 0.3) is 0 Å². The van der Waals surface area contributed by atoms with Gasteiger partial charge < -0.3 is 16.4 Å². The maximum Gasteiger partial charge on any atom is 0.238 e. The number of hydrogen-bond donors (Lipinski definition) is 3. The second-order valence-corrected chi connectivity index (χ2v) is 5.31. The molecular formula is C14H18N4O2S. The number of nitrogens with one attached hydrogen (secondary N) is 2. The molecule has 4 N–H and O–H groups in total. The van der Waals surface area contributed by atoms with Gasteiger partial charge in [0, 0.05) is 37.3 Å². The van der Waals surface area contributed by atoms with E-state index in [1.807, 2.05) is 4.90 Å². The zero-order valence-corrected chi connectivity index (χ0v) is 12.4. The van der Waals surface area contributed by atoms with Crippen molar-refractivity contribution in [2.75, 3.05) is 31.5 Å². The van der Waals surface area contributed by atoms with E-state index >= 15 is 0 Å². The van der Waals surface area contributed by atoms with Gasteiger partial charge in [0.05, 0.1) is 6.54 Å². The molecule has 112 valence electrons. The predicted molar refractivity (Wildman–Crippen MR) is 85.0 cm³/mol. The normalized spacial score (nSPS) is 15.9. The molecular weight excluding hydrogens is 288 g/mol. The number of hydrogen-bond acceptors (Lipinski definition) is 4. The van der Waals surface area contributed by atoms with Crippen LogP contribution in [0.3, 0.4) is 0 Å². The number of anilines is 1. The summed E-state index contributed by atoms with van der Waals surface area (Å²) < 4.78 is 0. The van der Waals surface area contributed by atoms with Crippen LogP contribution in [0, 0.1) is 0 Å². The molecule has 21 heavy (non-hydrogen) atoms. The Morgan fingerprint density at radius 3 is 3.00 bits per heavy atom. The van der Waals surface area contributed by atoms with Crippen LogP contribution in [0.4, 0.5) is 5.69 Å². The van der Waals surface area contributed by atoms with Gasteiger partial charge in [-0.1, -0.05) is 24.4 Å². The van der Waals surface area contributed by atoms with Gasteiger partial charge in [0.15, 0.2) is 0 Å². The van der Waals surface area contributed by atoms with Crippen molar-refractivity contribution in [1.29, 1.82) is 0 Å². The lowest BCUT2D eigenvalue weighted by Crippen LogP contribution is -2.35. The first-order chi connectivity index (χ1) is 10.0. The van der Waals surface area contributed by atoms with E-state index in [4.69, 9.17) is 18.0 Å². The molecule has 0 bridgehead atoms. The Labute approximate surface area is 128 Å². The van der Waals surface area contributed by atoms with E-state index in [1.165, 1.54) is 0 Å². The van der Waals surface area contributed by atoms with E-state index in [0.717, 1.165) is 0 Å². The number of benzene rings is 1. The minimum absolute atomic E-state index is 0.0297. The molecule has 1 fully saturated rings. The van der Waals surface area contributed by atoms with Crippen LogP contribution in [0.1, 0.15) is 12.0 Å². The van der Waals surface area contributed by atoms with Gasteiger partial charge >= 0.3 is 0 Å². The molecule has 0 radical (unpaired) electrons. The van der Waals surface area contributed by atoms with Crippen molar-refractivity contribution in [1.82, 2.24) is 10.2 Å². The molecule has 1 aromatic rings. The fourth-order valence-corrected chi connectivity index (χ4v) is 2.25. The summed E-state index contributed by atoms with van der Waals surface area (Å²) in [6, 6.07) is 7.11. The largest absolute Gasteiger partial charge is 0.389 e. The lowest BCUT2D eigenvalue weighted by atomic mass is 10.2. The first-order valence-electron chi connectivity index (χ1n) is 6.73. The van der Waals surface area contributed by atoms with E-state index < -0.39 is 0 Å². The van der Waals surface area contributed by atoms with Crippen molar-refractivity contribution >= 4 is 34.7 Å². The van der Waals surface area contributed by atoms with Crippen molar-refractivity contribution in [3.05, 3.63) is 29.8 Å². The Balaban J connectivity index is 1.90. The number of nitrogens with zero attached hydrogens (tertiary/aromatic N) is 1. The minimum Gasteiger partial charge on any atom is -0.389 e. The zero-order valence-electron chi connectivity index (χ0n) is 11.6. The molecule has 7 heteroatoms. The smallest absolute Gasteiger partial charge is 0.238 e. The average Bonchev–Trinajstić information content (AvgIpc) is 2.64. The summed E-state index contributed by atoms with van der Waals surface area (Å²) in [4.78, 5) is 25.5. The van der Waals surface area contributed by atoms with Gasteiger partial charge in [-0.05, 0) is 12.1 Å². The van der Waals surface area contributed by atoms with Crippen LogP contribution in [0.2, 0.25) is 0 Å². The van der Waals surface area contributed by atoms with Gasteiger partial charge in [-0.3, -0.25) is 14.5 Å². The SMILES string of the molecule is NC(=S)c1cccc(NC(=O)CN2CCNC(=O)CC2)c1. The lowest BCUT2D eigenvalue weighted by molar-refractivity contribution is -0.121. The summed E-state index contributed by atoms with van der Waals surface area (Å²) >= 11 is 4.91. The first kappa shape index (κ1) is 15.4. The lowest BCUT2D eigenvalue weighted by Gasteiger charge is -2.18. The van der Waals surface area contributed by atoms with Crippen LogP contribution in [0.15, 0.2) is 24.3 Å². The predicted octanol–water partition coefficient (Wildman–Crippen LogP) is 0.0812. The van der Waals surface area contributed by atoms with Crippen molar-refractivity contribution in [2.24, 2.45) is 5.73 Å². The molecule has 6 nitrogen and oxygen atoms in total. The van der Waals surface area contributed by atoms with Crippen LogP contribution in [0.5, 0.6) is 0 Å². The highest BCUT2D eigenvalue weighted by atomic mass is 32.1. The highest BCUT2D eigenvalue weighted by molar-refractivity contribution is 7.80. The van der Waals surface area contributed by atoms with E-state index in [9.17, 15) is 9.59 Å². The van der Waals surface area contributed by atoms with Gasteiger partial charge in [0.1, 0.15) is 4.99 Å². The van der Waals surface area contributed by atoms with Crippen molar-refractivity contribution in [3.8, 4) is 0 Å². The molecule has 0 atom stereocenters. The highest BCUT2D eigenvalue weighted by Gasteiger charge is 2.16. The van der Waals surface area contributed by atoms with Crippen LogP contribution < -0.4 is 16.4 Å². The summed E-state index contributed by atoms with van der Waals surface area (Å²) in [6.45, 7) is 2.09. The molecule has 0 saturated carbocycles. The zero-order chi connectivity index (χ0) is 15.2. The van der Waals surface area contributed by atoms with Gasteiger partial charge in [0.25, 0.3) is 0 Å². The fourth-order valence-electron chi connectivity index (χ4n) is 2.13. The number of amides is 2. The molecule has 1 aromatic carbocycles. The molecule has 0 aliphatic carbocycles. The summed E-state index contributed by atoms with van der Waals surface area (Å²) in [5.41, 5.74) is 6.94. The Hall–Kier alpha value is -1.99. The number of rotatable bonds is 4. The van der Waals surface area contributed by atoms with Crippen molar-refractivity contribution in [2.45, 2.75) is 6.42 Å². The van der Waals surface area contributed by atoms with Gasteiger partial charge in [-0.2, -0.15) is 0 Å². The summed E-state index contributed by atoms with van der Waals surface area (Å²) in [6.07, 6.45) is 0.421. The van der Waals surface area contributed by atoms with E-state index in [1.54, 1.807) is 24.3 Å². The van der Waals surface area contributed by atoms with Gasteiger partial charge in [-0.25, -0.2) is 0 Å². The molecule has 2 rings (SSSR count). The molecule has 0 unspecified atom stereocenters. The van der Waals surface area contributed by atoms with Gasteiger partial charge in [0.2, 0.25) is 11.8 Å². The molecule has 1 heterocycles. The topological polar surface area (TPSA) is 87.5 Å². The summed E-state index contributed by atoms with van der Waals surface area (Å²) in [7, 11) is 0. The third-order valence-electron chi connectivity index (χ3n) is 3.20. The van der Waals surface area contributed by atoms with Crippen molar-refractivity contribution < 1.29 is 9.59 Å². The molecule has 1 aliphatic heterocycles. The third-order valence-corrected chi connectivity index (χ3v) is 3.44. The standard InChI is InChI=1S/C14H18N4O2S/c15-14(21)10-2-1-3-11(8-10)17-13(20)9-18-6-4-12(19)16-5-7-18/h1-3,8H,4-7,9H2,(H2,15,21)(H,16,19)(H,17,20). The van der Waals surface area contributed by atoms with Gasteiger partial charge in [-0.15, -0.1) is 0 Å². The van der Waals surface area contributed by atoms with Crippen molar-refractivity contribution in [3.63, 3.8) is 0 Å². The molecule has 1 aliphatic rings. The average molecular weight is 306 g/mol. The second kappa shape index (κ2) is 7.14. The number of nitrogens with two attached hydrogens (primary N) is 1. The Bertz CT molecular complexity index is 562. The Kier molecular flexibility index (Phi) is 5.24. The fraction of sp³-hybridized carbons (Fsp3) is 0.357. The number of carbonyl (C=O) groups excluding carboxylic acids is 2. The van der Waals surface area contributed by atoms with Crippen LogP contribution in [-0.2, 0) is 9.59 Å². The second-order valence-electron chi connectivity index (χ2n) is 4.87. The monoisotopic (exact) mass is 306 g/mol. The quantitative estimate of drug-likeness (QED) is 0.686. The van der Waals surface area contributed by atoms with Crippen LogP contribution >= 0.6 is 12.2 Å². The van der Waals surface area contributed by atoms with E-state index in [0.29, 0.717) is 42.3 Å². The first-order valence-corrected chi connectivity index (χ1v) is 7.14. The maximum absolute atomic E-state index is 12.0.